The molecular weight excluding hydrogens is 400 g/mol. The summed E-state index contributed by atoms with van der Waals surface area (Å²) in [4.78, 5) is 45.2. The predicted molar refractivity (Wildman–Crippen MR) is 118 cm³/mol. The van der Waals surface area contributed by atoms with Crippen LogP contribution in [0.1, 0.15) is 26.7 Å². The molecule has 10 nitrogen and oxygen atoms in total. The molecule has 0 saturated carbocycles. The van der Waals surface area contributed by atoms with E-state index < -0.39 is 0 Å². The van der Waals surface area contributed by atoms with E-state index in [4.69, 9.17) is 4.74 Å². The number of piperazine rings is 1. The Bertz CT molecular complexity index is 988. The zero-order valence-electron chi connectivity index (χ0n) is 18.8. The highest BCUT2D eigenvalue weighted by atomic mass is 16.5. The molecule has 0 aromatic carbocycles. The van der Waals surface area contributed by atoms with Gasteiger partial charge in [-0.25, -0.2) is 9.78 Å². The molecule has 170 valence electrons. The van der Waals surface area contributed by atoms with Crippen LogP contribution in [0.2, 0.25) is 0 Å². The van der Waals surface area contributed by atoms with E-state index >= 15 is 0 Å². The molecule has 1 aliphatic rings. The fourth-order valence-electron chi connectivity index (χ4n) is 3.66. The number of carbonyl (C=O) groups excluding carboxylic acids is 2. The number of carbonyl (C=O) groups is 2. The topological polar surface area (TPSA) is 102 Å². The number of anilines is 1. The maximum atomic E-state index is 12.5. The number of imidazole rings is 1. The third kappa shape index (κ3) is 5.71. The van der Waals surface area contributed by atoms with Crippen molar-refractivity contribution in [3.63, 3.8) is 0 Å². The van der Waals surface area contributed by atoms with Gasteiger partial charge in [0.25, 0.3) is 0 Å². The van der Waals surface area contributed by atoms with Crippen molar-refractivity contribution in [2.75, 3.05) is 44.6 Å². The molecule has 0 aliphatic carbocycles. The number of pyridine rings is 1. The summed E-state index contributed by atoms with van der Waals surface area (Å²) in [5.41, 5.74) is 1.01. The lowest BCUT2D eigenvalue weighted by molar-refractivity contribution is -0.134. The van der Waals surface area contributed by atoms with Crippen molar-refractivity contribution in [1.29, 1.82) is 0 Å². The van der Waals surface area contributed by atoms with E-state index in [1.54, 1.807) is 26.2 Å². The average molecular weight is 433 g/mol. The third-order valence-electron chi connectivity index (χ3n) is 5.52. The zero-order chi connectivity index (χ0) is 22.5. The van der Waals surface area contributed by atoms with Crippen LogP contribution in [0.25, 0.3) is 11.2 Å². The van der Waals surface area contributed by atoms with Crippen molar-refractivity contribution < 1.29 is 14.3 Å². The molecule has 1 aliphatic heterocycles. The first-order chi connectivity index (χ1) is 14.8. The molecule has 2 aromatic heterocycles. The first kappa shape index (κ1) is 23.0. The highest BCUT2D eigenvalue weighted by Crippen LogP contribution is 2.14. The van der Waals surface area contributed by atoms with Gasteiger partial charge in [0.05, 0.1) is 18.2 Å². The smallest absolute Gasteiger partial charge is 0.329 e. The van der Waals surface area contributed by atoms with Crippen LogP contribution in [0.3, 0.4) is 0 Å². The Hall–Kier alpha value is -2.72. The number of nitrogens with one attached hydrogen (secondary N) is 1. The normalized spacial score (nSPS) is 15.1. The van der Waals surface area contributed by atoms with Crippen LogP contribution >= 0.6 is 0 Å². The van der Waals surface area contributed by atoms with E-state index in [0.717, 1.165) is 19.6 Å². The molecular formula is C21H32N6O4. The van der Waals surface area contributed by atoms with Gasteiger partial charge in [0.1, 0.15) is 5.82 Å². The Balaban J connectivity index is 1.44. The lowest BCUT2D eigenvalue weighted by Gasteiger charge is -2.34. The van der Waals surface area contributed by atoms with Crippen molar-refractivity contribution in [2.45, 2.75) is 32.8 Å². The summed E-state index contributed by atoms with van der Waals surface area (Å²) in [6, 6.07) is 3.40. The van der Waals surface area contributed by atoms with Gasteiger partial charge >= 0.3 is 5.69 Å². The van der Waals surface area contributed by atoms with Crippen LogP contribution in [-0.2, 0) is 28.4 Å². The number of aromatic nitrogens is 3. The number of ether oxygens (including phenoxy) is 1. The van der Waals surface area contributed by atoms with Crippen molar-refractivity contribution in [1.82, 2.24) is 23.9 Å². The second-order valence-electron chi connectivity index (χ2n) is 8.13. The standard InChI is InChI=1S/C21H32N6O4/c1-15(2)31-14-13-26-9-11-27(12-10-26)19(29)8-7-18(28)22-17-6-5-16-20(23-17)25(4)21(30)24(16)3/h5-6,15H,7-14H2,1-4H3,(H,22,23,28). The maximum Gasteiger partial charge on any atom is 0.329 e. The molecule has 0 radical (unpaired) electrons. The van der Waals surface area contributed by atoms with E-state index in [2.05, 4.69) is 15.2 Å². The fourth-order valence-corrected chi connectivity index (χ4v) is 3.66. The van der Waals surface area contributed by atoms with Gasteiger partial charge in [0, 0.05) is 59.7 Å². The molecule has 2 aromatic rings. The highest BCUT2D eigenvalue weighted by Gasteiger charge is 2.21. The van der Waals surface area contributed by atoms with Crippen molar-refractivity contribution >= 4 is 28.8 Å². The first-order valence-corrected chi connectivity index (χ1v) is 10.7. The van der Waals surface area contributed by atoms with Crippen LogP contribution in [0.5, 0.6) is 0 Å². The van der Waals surface area contributed by atoms with Gasteiger partial charge in [-0.1, -0.05) is 0 Å². The van der Waals surface area contributed by atoms with Crippen LogP contribution < -0.4 is 11.0 Å². The molecule has 31 heavy (non-hydrogen) atoms. The number of hydrogen-bond donors (Lipinski definition) is 1. The van der Waals surface area contributed by atoms with E-state index in [1.165, 1.54) is 9.13 Å². The Labute approximate surface area is 181 Å². The zero-order valence-corrected chi connectivity index (χ0v) is 18.8. The third-order valence-corrected chi connectivity index (χ3v) is 5.52. The summed E-state index contributed by atoms with van der Waals surface area (Å²) in [6.07, 6.45) is 0.481. The van der Waals surface area contributed by atoms with Gasteiger partial charge in [0.15, 0.2) is 5.65 Å². The largest absolute Gasteiger partial charge is 0.377 e. The van der Waals surface area contributed by atoms with Crippen molar-refractivity contribution in [3.8, 4) is 0 Å². The second kappa shape index (κ2) is 10.1. The molecule has 10 heteroatoms. The molecule has 2 amide bonds. The minimum atomic E-state index is -0.273. The monoisotopic (exact) mass is 432 g/mol. The summed E-state index contributed by atoms with van der Waals surface area (Å²) in [7, 11) is 3.31. The van der Waals surface area contributed by atoms with Crippen LogP contribution in [0.15, 0.2) is 16.9 Å². The number of fused-ring (bicyclic) bond motifs is 1. The van der Waals surface area contributed by atoms with E-state index in [-0.39, 0.29) is 36.4 Å². The summed E-state index contributed by atoms with van der Waals surface area (Å²) in [5.74, 6) is 0.0797. The van der Waals surface area contributed by atoms with Gasteiger partial charge in [-0.2, -0.15) is 0 Å². The maximum absolute atomic E-state index is 12.5. The molecule has 3 rings (SSSR count). The van der Waals surface area contributed by atoms with E-state index in [9.17, 15) is 14.4 Å². The number of rotatable bonds is 8. The molecule has 3 heterocycles. The predicted octanol–water partition coefficient (Wildman–Crippen LogP) is 0.560. The lowest BCUT2D eigenvalue weighted by atomic mass is 10.2. The number of hydrogen-bond acceptors (Lipinski definition) is 6. The Morgan fingerprint density at radius 1 is 1.10 bits per heavy atom. The summed E-state index contributed by atoms with van der Waals surface area (Å²) >= 11 is 0. The fraction of sp³-hybridized carbons (Fsp3) is 0.619. The van der Waals surface area contributed by atoms with Gasteiger partial charge < -0.3 is 15.0 Å². The van der Waals surface area contributed by atoms with Gasteiger partial charge in [-0.3, -0.25) is 23.6 Å². The van der Waals surface area contributed by atoms with Gasteiger partial charge in [0.2, 0.25) is 11.8 Å². The molecule has 1 saturated heterocycles. The molecule has 0 atom stereocenters. The number of amides is 2. The van der Waals surface area contributed by atoms with Crippen LogP contribution in [0.4, 0.5) is 5.82 Å². The van der Waals surface area contributed by atoms with Crippen molar-refractivity contribution in [2.24, 2.45) is 14.1 Å². The minimum absolute atomic E-state index is 0.0119. The quantitative estimate of drug-likeness (QED) is 0.654. The Morgan fingerprint density at radius 3 is 2.48 bits per heavy atom. The van der Waals surface area contributed by atoms with Crippen molar-refractivity contribution in [3.05, 3.63) is 22.6 Å². The first-order valence-electron chi connectivity index (χ1n) is 10.7. The summed E-state index contributed by atoms with van der Waals surface area (Å²) in [5, 5.41) is 2.72. The molecule has 1 N–H and O–H groups in total. The average Bonchev–Trinajstić information content (AvgIpc) is 2.96. The summed E-state index contributed by atoms with van der Waals surface area (Å²) in [6.45, 7) is 8.58. The Morgan fingerprint density at radius 2 is 1.81 bits per heavy atom. The lowest BCUT2D eigenvalue weighted by Crippen LogP contribution is -2.49. The van der Waals surface area contributed by atoms with Gasteiger partial charge in [-0.15, -0.1) is 0 Å². The summed E-state index contributed by atoms with van der Waals surface area (Å²) < 4.78 is 8.52. The van der Waals surface area contributed by atoms with Crippen LogP contribution in [0, 0.1) is 0 Å². The molecule has 0 spiro atoms. The van der Waals surface area contributed by atoms with Crippen LogP contribution in [-0.4, -0.2) is 81.2 Å². The molecule has 0 bridgehead atoms. The number of aryl methyl sites for hydroxylation is 2. The highest BCUT2D eigenvalue weighted by molar-refractivity contribution is 5.93. The van der Waals surface area contributed by atoms with Gasteiger partial charge in [-0.05, 0) is 26.0 Å². The second-order valence-corrected chi connectivity index (χ2v) is 8.13. The Kier molecular flexibility index (Phi) is 7.45. The minimum Gasteiger partial charge on any atom is -0.377 e. The van der Waals surface area contributed by atoms with E-state index in [1.807, 2.05) is 18.7 Å². The SMILES string of the molecule is CC(C)OCCN1CCN(C(=O)CCC(=O)Nc2ccc3c(n2)n(C)c(=O)n3C)CC1. The molecule has 1 fully saturated rings. The number of nitrogens with zero attached hydrogens (tertiary/aromatic N) is 5. The molecule has 0 unspecified atom stereocenters. The van der Waals surface area contributed by atoms with E-state index in [0.29, 0.717) is 36.7 Å².